The van der Waals surface area contributed by atoms with Gasteiger partial charge in [0.1, 0.15) is 6.10 Å². The van der Waals surface area contributed by atoms with Crippen LogP contribution in [0.15, 0.2) is 18.6 Å². The van der Waals surface area contributed by atoms with Crippen LogP contribution in [0, 0.1) is 0 Å². The molecule has 0 bridgehead atoms. The number of nitrogens with zero attached hydrogens (tertiary/aromatic N) is 2. The molecule has 0 radical (unpaired) electrons. The highest BCUT2D eigenvalue weighted by Crippen LogP contribution is 2.31. The van der Waals surface area contributed by atoms with E-state index in [0.717, 1.165) is 0 Å². The smallest absolute Gasteiger partial charge is 0.216 e. The van der Waals surface area contributed by atoms with Gasteiger partial charge in [-0.05, 0) is 0 Å². The van der Waals surface area contributed by atoms with Crippen LogP contribution < -0.4 is 0 Å². The molecule has 0 aliphatic heterocycles. The molecule has 0 aromatic carbocycles. The van der Waals surface area contributed by atoms with Crippen molar-refractivity contribution >= 4 is 34.8 Å². The van der Waals surface area contributed by atoms with Crippen LogP contribution in [0.2, 0.25) is 0 Å². The lowest BCUT2D eigenvalue weighted by atomic mass is 10.2. The Morgan fingerprint density at radius 3 is 2.54 bits per heavy atom. The summed E-state index contributed by atoms with van der Waals surface area (Å²) in [7, 11) is 0. The molecule has 1 aromatic heterocycles. The van der Waals surface area contributed by atoms with Crippen LogP contribution in [0.3, 0.4) is 0 Å². The molecule has 13 heavy (non-hydrogen) atoms. The van der Waals surface area contributed by atoms with Gasteiger partial charge in [-0.15, -0.1) is 0 Å². The predicted molar refractivity (Wildman–Crippen MR) is 52.0 cm³/mol. The maximum absolute atomic E-state index is 9.38. The van der Waals surface area contributed by atoms with Gasteiger partial charge in [0.25, 0.3) is 0 Å². The summed E-state index contributed by atoms with van der Waals surface area (Å²) in [6, 6.07) is 0. The number of aliphatic hydroxyl groups is 1. The molecule has 0 fully saturated rings. The second-order valence-electron chi connectivity index (χ2n) is 2.46. The summed E-state index contributed by atoms with van der Waals surface area (Å²) in [6.07, 6.45) is 3.66. The molecule has 1 N–H and O–H groups in total. The first kappa shape index (κ1) is 11.0. The van der Waals surface area contributed by atoms with Crippen molar-refractivity contribution < 1.29 is 5.11 Å². The van der Waals surface area contributed by atoms with Crippen LogP contribution in [-0.4, -0.2) is 25.0 Å². The fourth-order valence-corrected chi connectivity index (χ4v) is 0.981. The molecule has 1 atom stereocenters. The van der Waals surface area contributed by atoms with Gasteiger partial charge in [0.2, 0.25) is 3.79 Å². The van der Waals surface area contributed by atoms with E-state index < -0.39 is 9.90 Å². The normalized spacial score (nSPS) is 14.2. The lowest BCUT2D eigenvalue weighted by Gasteiger charge is -2.17. The topological polar surface area (TPSA) is 46.0 Å². The van der Waals surface area contributed by atoms with E-state index in [1.807, 2.05) is 0 Å². The SMILES string of the molecule is O[C@@H](Cc1cnccn1)C(Cl)(Cl)Cl. The molecule has 0 amide bonds. The first-order valence-corrected chi connectivity index (χ1v) is 4.63. The molecule has 0 saturated carbocycles. The number of hydrogen-bond donors (Lipinski definition) is 1. The summed E-state index contributed by atoms with van der Waals surface area (Å²) in [6.45, 7) is 0. The molecule has 1 aromatic rings. The standard InChI is InChI=1S/C7H7Cl3N2O/c8-7(9,10)6(13)3-5-4-11-1-2-12-5/h1-2,4,6,13H,3H2/t6-/m0/s1. The van der Waals surface area contributed by atoms with Crippen molar-refractivity contribution in [3.8, 4) is 0 Å². The van der Waals surface area contributed by atoms with Gasteiger partial charge in [-0.2, -0.15) is 0 Å². The average molecular weight is 242 g/mol. The molecule has 0 saturated heterocycles. The van der Waals surface area contributed by atoms with Crippen LogP contribution >= 0.6 is 34.8 Å². The van der Waals surface area contributed by atoms with Gasteiger partial charge < -0.3 is 5.11 Å². The monoisotopic (exact) mass is 240 g/mol. The molecular weight excluding hydrogens is 234 g/mol. The van der Waals surface area contributed by atoms with Gasteiger partial charge in [-0.25, -0.2) is 0 Å². The Morgan fingerprint density at radius 2 is 2.08 bits per heavy atom. The maximum Gasteiger partial charge on any atom is 0.216 e. The van der Waals surface area contributed by atoms with Crippen LogP contribution in [0.1, 0.15) is 5.69 Å². The summed E-state index contributed by atoms with van der Waals surface area (Å²) < 4.78 is -1.68. The highest BCUT2D eigenvalue weighted by atomic mass is 35.6. The summed E-state index contributed by atoms with van der Waals surface area (Å²) in [5, 5.41) is 9.38. The van der Waals surface area contributed by atoms with E-state index in [1.165, 1.54) is 18.6 Å². The Balaban J connectivity index is 2.61. The average Bonchev–Trinajstić information content (AvgIpc) is 2.04. The lowest BCUT2D eigenvalue weighted by molar-refractivity contribution is 0.178. The number of alkyl halides is 3. The summed E-state index contributed by atoms with van der Waals surface area (Å²) >= 11 is 16.4. The van der Waals surface area contributed by atoms with Crippen molar-refractivity contribution in [2.75, 3.05) is 0 Å². The zero-order chi connectivity index (χ0) is 9.90. The fraction of sp³-hybridized carbons (Fsp3) is 0.429. The predicted octanol–water partition coefficient (Wildman–Crippen LogP) is 1.75. The molecule has 6 heteroatoms. The highest BCUT2D eigenvalue weighted by molar-refractivity contribution is 6.68. The van der Waals surface area contributed by atoms with E-state index >= 15 is 0 Å². The number of hydrogen-bond acceptors (Lipinski definition) is 3. The van der Waals surface area contributed by atoms with Crippen molar-refractivity contribution in [1.29, 1.82) is 0 Å². The Bertz CT molecular complexity index is 262. The third-order valence-corrected chi connectivity index (χ3v) is 2.15. The molecule has 0 aliphatic rings. The first-order chi connectivity index (χ1) is 6.00. The third kappa shape index (κ3) is 3.65. The van der Waals surface area contributed by atoms with E-state index in [9.17, 15) is 5.11 Å². The quantitative estimate of drug-likeness (QED) is 0.803. The van der Waals surface area contributed by atoms with Gasteiger partial charge >= 0.3 is 0 Å². The van der Waals surface area contributed by atoms with Gasteiger partial charge in [0, 0.05) is 25.0 Å². The van der Waals surface area contributed by atoms with E-state index in [2.05, 4.69) is 9.97 Å². The highest BCUT2D eigenvalue weighted by Gasteiger charge is 2.30. The maximum atomic E-state index is 9.38. The molecule has 72 valence electrons. The summed E-state index contributed by atoms with van der Waals surface area (Å²) in [5.41, 5.74) is 0.585. The first-order valence-electron chi connectivity index (χ1n) is 3.50. The van der Waals surface area contributed by atoms with E-state index in [-0.39, 0.29) is 6.42 Å². The largest absolute Gasteiger partial charge is 0.388 e. The van der Waals surface area contributed by atoms with Crippen LogP contribution in [0.25, 0.3) is 0 Å². The van der Waals surface area contributed by atoms with Gasteiger partial charge in [0.05, 0.1) is 5.69 Å². The van der Waals surface area contributed by atoms with Crippen molar-refractivity contribution in [3.05, 3.63) is 24.3 Å². The fourth-order valence-electron chi connectivity index (χ4n) is 0.749. The Kier molecular flexibility index (Phi) is 3.74. The number of aliphatic hydroxyl groups excluding tert-OH is 1. The molecular formula is C7H7Cl3N2O. The molecule has 0 aliphatic carbocycles. The number of rotatable bonds is 2. The molecule has 3 nitrogen and oxygen atoms in total. The van der Waals surface area contributed by atoms with Gasteiger partial charge in [0.15, 0.2) is 0 Å². The second-order valence-corrected chi connectivity index (χ2v) is 4.83. The minimum Gasteiger partial charge on any atom is -0.388 e. The second kappa shape index (κ2) is 4.42. The van der Waals surface area contributed by atoms with Crippen molar-refractivity contribution in [2.24, 2.45) is 0 Å². The zero-order valence-corrected chi connectivity index (χ0v) is 8.76. The molecule has 0 spiro atoms. The van der Waals surface area contributed by atoms with E-state index in [1.54, 1.807) is 0 Å². The minimum atomic E-state index is -1.68. The van der Waals surface area contributed by atoms with Crippen molar-refractivity contribution in [2.45, 2.75) is 16.3 Å². The molecule has 0 unspecified atom stereocenters. The summed E-state index contributed by atoms with van der Waals surface area (Å²) in [5.74, 6) is 0. The molecule has 1 rings (SSSR count). The molecule has 1 heterocycles. The van der Waals surface area contributed by atoms with Crippen LogP contribution in [0.5, 0.6) is 0 Å². The Labute approximate surface area is 90.7 Å². The van der Waals surface area contributed by atoms with Crippen LogP contribution in [0.4, 0.5) is 0 Å². The Hall–Kier alpha value is -0.0900. The zero-order valence-electron chi connectivity index (χ0n) is 6.49. The lowest BCUT2D eigenvalue weighted by Crippen LogP contribution is -2.27. The number of aromatic nitrogens is 2. The van der Waals surface area contributed by atoms with Crippen LogP contribution in [-0.2, 0) is 6.42 Å². The van der Waals surface area contributed by atoms with Crippen molar-refractivity contribution in [3.63, 3.8) is 0 Å². The number of halogens is 3. The third-order valence-electron chi connectivity index (χ3n) is 1.40. The van der Waals surface area contributed by atoms with Gasteiger partial charge in [-0.1, -0.05) is 34.8 Å². The summed E-state index contributed by atoms with van der Waals surface area (Å²) in [4.78, 5) is 7.75. The Morgan fingerprint density at radius 1 is 1.38 bits per heavy atom. The van der Waals surface area contributed by atoms with E-state index in [0.29, 0.717) is 5.69 Å². The van der Waals surface area contributed by atoms with Gasteiger partial charge in [-0.3, -0.25) is 9.97 Å². The minimum absolute atomic E-state index is 0.171. The van der Waals surface area contributed by atoms with E-state index in [4.69, 9.17) is 34.8 Å². The van der Waals surface area contributed by atoms with Crippen molar-refractivity contribution in [1.82, 2.24) is 9.97 Å².